The first-order valence-corrected chi connectivity index (χ1v) is 9.84. The number of hydrogen-bond donors (Lipinski definition) is 2. The number of fused-ring (bicyclic) bond motifs is 1. The van der Waals surface area contributed by atoms with Crippen molar-refractivity contribution in [2.24, 2.45) is 0 Å². The Balaban J connectivity index is 1.67. The van der Waals surface area contributed by atoms with Crippen molar-refractivity contribution in [1.82, 2.24) is 15.1 Å². The number of hydrogen-bond acceptors (Lipinski definition) is 4. The molecule has 0 fully saturated rings. The monoisotopic (exact) mass is 405 g/mol. The normalized spacial score (nSPS) is 13.5. The fourth-order valence-electron chi connectivity index (χ4n) is 3.90. The number of nitrogens with zero attached hydrogens (tertiary/aromatic N) is 2. The van der Waals surface area contributed by atoms with Gasteiger partial charge in [-0.3, -0.25) is 4.79 Å². The number of carboxylic acid groups (broad SMARTS) is 1. The molecule has 2 N–H and O–H groups in total. The van der Waals surface area contributed by atoms with Gasteiger partial charge in [0.25, 0.3) is 5.91 Å². The number of amides is 1. The first-order valence-electron chi connectivity index (χ1n) is 9.84. The Bertz CT molecular complexity index is 1100. The number of carbonyl (C=O) groups is 2. The summed E-state index contributed by atoms with van der Waals surface area (Å²) in [5, 5.41) is 16.9. The highest BCUT2D eigenvalue weighted by molar-refractivity contribution is 5.97. The standard InChI is InChI=1S/C23H23N3O4/c1-14-6-3-4-8-18(14)26-19-9-5-7-17(19)21(25-26)22(27)24-20(23(28)29)15-10-12-16(30-2)13-11-15/h3-4,6,8,10-13,20H,5,7,9H2,1-2H3,(H,24,27)(H,28,29). The average Bonchev–Trinajstić information content (AvgIpc) is 3.35. The minimum absolute atomic E-state index is 0.297. The molecule has 1 amide bonds. The highest BCUT2D eigenvalue weighted by Crippen LogP contribution is 2.29. The Morgan fingerprint density at radius 1 is 1.13 bits per heavy atom. The molecule has 1 aliphatic rings. The molecule has 0 saturated carbocycles. The number of methoxy groups -OCH3 is 1. The van der Waals surface area contributed by atoms with E-state index in [1.54, 1.807) is 24.3 Å². The van der Waals surface area contributed by atoms with Crippen molar-refractivity contribution in [1.29, 1.82) is 0 Å². The van der Waals surface area contributed by atoms with Gasteiger partial charge in [-0.1, -0.05) is 30.3 Å². The van der Waals surface area contributed by atoms with Crippen molar-refractivity contribution >= 4 is 11.9 Å². The SMILES string of the molecule is COc1ccc(C(NC(=O)c2nn(-c3ccccc3C)c3c2CCC3)C(=O)O)cc1. The average molecular weight is 405 g/mol. The molecule has 4 rings (SSSR count). The van der Waals surface area contributed by atoms with Gasteiger partial charge in [0.2, 0.25) is 0 Å². The Morgan fingerprint density at radius 3 is 2.53 bits per heavy atom. The molecule has 1 aliphatic carbocycles. The molecule has 7 heteroatoms. The number of benzene rings is 2. The zero-order valence-corrected chi connectivity index (χ0v) is 16.9. The maximum Gasteiger partial charge on any atom is 0.330 e. The topological polar surface area (TPSA) is 93.5 Å². The second kappa shape index (κ2) is 8.02. The van der Waals surface area contributed by atoms with Gasteiger partial charge >= 0.3 is 5.97 Å². The summed E-state index contributed by atoms with van der Waals surface area (Å²) in [6.45, 7) is 2.00. The van der Waals surface area contributed by atoms with Gasteiger partial charge < -0.3 is 15.2 Å². The van der Waals surface area contributed by atoms with Crippen molar-refractivity contribution in [2.45, 2.75) is 32.2 Å². The Kier molecular flexibility index (Phi) is 5.27. The minimum atomic E-state index is -1.18. The lowest BCUT2D eigenvalue weighted by Gasteiger charge is -2.15. The fraction of sp³-hybridized carbons (Fsp3) is 0.261. The molecule has 0 aliphatic heterocycles. The van der Waals surface area contributed by atoms with E-state index in [4.69, 9.17) is 4.74 Å². The molecule has 0 saturated heterocycles. The smallest absolute Gasteiger partial charge is 0.330 e. The number of carboxylic acids is 1. The number of aryl methyl sites for hydroxylation is 1. The van der Waals surface area contributed by atoms with Crippen LogP contribution in [-0.2, 0) is 17.6 Å². The van der Waals surface area contributed by atoms with Crippen LogP contribution < -0.4 is 10.1 Å². The van der Waals surface area contributed by atoms with Gasteiger partial charge in [0.15, 0.2) is 11.7 Å². The van der Waals surface area contributed by atoms with E-state index in [1.807, 2.05) is 35.9 Å². The molecule has 30 heavy (non-hydrogen) atoms. The number of aliphatic carboxylic acids is 1. The van der Waals surface area contributed by atoms with Gasteiger partial charge in [-0.2, -0.15) is 5.10 Å². The molecule has 0 radical (unpaired) electrons. The molecule has 7 nitrogen and oxygen atoms in total. The third-order valence-corrected chi connectivity index (χ3v) is 5.46. The van der Waals surface area contributed by atoms with Crippen LogP contribution in [0.4, 0.5) is 0 Å². The van der Waals surface area contributed by atoms with Gasteiger partial charge in [0.1, 0.15) is 5.75 Å². The zero-order valence-electron chi connectivity index (χ0n) is 16.9. The largest absolute Gasteiger partial charge is 0.497 e. The van der Waals surface area contributed by atoms with E-state index in [9.17, 15) is 14.7 Å². The van der Waals surface area contributed by atoms with E-state index in [0.29, 0.717) is 17.0 Å². The van der Waals surface area contributed by atoms with Gasteiger partial charge in [0.05, 0.1) is 12.8 Å². The predicted molar refractivity (Wildman–Crippen MR) is 111 cm³/mol. The van der Waals surface area contributed by atoms with E-state index in [-0.39, 0.29) is 0 Å². The number of nitrogens with one attached hydrogen (secondary N) is 1. The summed E-state index contributed by atoms with van der Waals surface area (Å²) in [6.07, 6.45) is 2.54. The third kappa shape index (κ3) is 3.54. The van der Waals surface area contributed by atoms with E-state index >= 15 is 0 Å². The molecule has 2 aromatic carbocycles. The minimum Gasteiger partial charge on any atom is -0.497 e. The Morgan fingerprint density at radius 2 is 1.87 bits per heavy atom. The first-order chi connectivity index (χ1) is 14.5. The predicted octanol–water partition coefficient (Wildman–Crippen LogP) is 3.23. The summed E-state index contributed by atoms with van der Waals surface area (Å²) >= 11 is 0. The summed E-state index contributed by atoms with van der Waals surface area (Å²) in [5.74, 6) is -1.00. The fourth-order valence-corrected chi connectivity index (χ4v) is 3.90. The van der Waals surface area contributed by atoms with Crippen molar-refractivity contribution in [3.8, 4) is 11.4 Å². The summed E-state index contributed by atoms with van der Waals surface area (Å²) in [4.78, 5) is 24.9. The quantitative estimate of drug-likeness (QED) is 0.657. The van der Waals surface area contributed by atoms with E-state index in [2.05, 4.69) is 10.4 Å². The van der Waals surface area contributed by atoms with Crippen LogP contribution in [0.1, 0.15) is 45.3 Å². The van der Waals surface area contributed by atoms with Crippen LogP contribution in [0.25, 0.3) is 5.69 Å². The summed E-state index contributed by atoms with van der Waals surface area (Å²) in [6, 6.07) is 13.3. The molecule has 1 aromatic heterocycles. The number of rotatable bonds is 6. The van der Waals surface area contributed by atoms with Crippen molar-refractivity contribution in [3.05, 3.63) is 76.6 Å². The molecule has 1 heterocycles. The lowest BCUT2D eigenvalue weighted by molar-refractivity contribution is -0.139. The molecule has 1 unspecified atom stereocenters. The van der Waals surface area contributed by atoms with E-state index in [0.717, 1.165) is 41.8 Å². The highest BCUT2D eigenvalue weighted by atomic mass is 16.5. The molecule has 3 aromatic rings. The van der Waals surface area contributed by atoms with E-state index in [1.165, 1.54) is 7.11 Å². The maximum absolute atomic E-state index is 13.1. The van der Waals surface area contributed by atoms with Crippen LogP contribution in [0.3, 0.4) is 0 Å². The van der Waals surface area contributed by atoms with Gasteiger partial charge in [0, 0.05) is 11.3 Å². The lowest BCUT2D eigenvalue weighted by Crippen LogP contribution is -2.34. The van der Waals surface area contributed by atoms with E-state index < -0.39 is 17.9 Å². The molecule has 0 bridgehead atoms. The second-order valence-corrected chi connectivity index (χ2v) is 7.34. The number of carbonyl (C=O) groups excluding carboxylic acids is 1. The molecular weight excluding hydrogens is 382 g/mol. The molecular formula is C23H23N3O4. The van der Waals surface area contributed by atoms with Crippen molar-refractivity contribution in [2.75, 3.05) is 7.11 Å². The lowest BCUT2D eigenvalue weighted by atomic mass is 10.1. The summed E-state index contributed by atoms with van der Waals surface area (Å²) in [5.41, 5.74) is 4.67. The summed E-state index contributed by atoms with van der Waals surface area (Å²) in [7, 11) is 1.54. The van der Waals surface area contributed by atoms with Crippen LogP contribution >= 0.6 is 0 Å². The van der Waals surface area contributed by atoms with Crippen LogP contribution in [0.15, 0.2) is 48.5 Å². The molecule has 1 atom stereocenters. The van der Waals surface area contributed by atoms with Crippen molar-refractivity contribution in [3.63, 3.8) is 0 Å². The van der Waals surface area contributed by atoms with Crippen LogP contribution in [0, 0.1) is 6.92 Å². The third-order valence-electron chi connectivity index (χ3n) is 5.46. The number of aromatic nitrogens is 2. The number of ether oxygens (including phenoxy) is 1. The molecule has 154 valence electrons. The second-order valence-electron chi connectivity index (χ2n) is 7.34. The van der Waals surface area contributed by atoms with Crippen LogP contribution in [-0.4, -0.2) is 33.9 Å². The first kappa shape index (κ1) is 19.7. The zero-order chi connectivity index (χ0) is 21.3. The van der Waals surface area contributed by atoms with Gasteiger partial charge in [-0.25, -0.2) is 9.48 Å². The Labute approximate surface area is 174 Å². The van der Waals surface area contributed by atoms with Crippen molar-refractivity contribution < 1.29 is 19.4 Å². The Hall–Kier alpha value is -3.61. The highest BCUT2D eigenvalue weighted by Gasteiger charge is 2.30. The summed E-state index contributed by atoms with van der Waals surface area (Å²) < 4.78 is 6.95. The van der Waals surface area contributed by atoms with Gasteiger partial charge in [-0.15, -0.1) is 0 Å². The van der Waals surface area contributed by atoms with Crippen LogP contribution in [0.2, 0.25) is 0 Å². The maximum atomic E-state index is 13.1. The van der Waals surface area contributed by atoms with Gasteiger partial charge in [-0.05, 0) is 55.5 Å². The van der Waals surface area contributed by atoms with Crippen LogP contribution in [0.5, 0.6) is 5.75 Å². The molecule has 0 spiro atoms. The number of para-hydroxylation sites is 1.